The van der Waals surface area contributed by atoms with Crippen LogP contribution in [-0.2, 0) is 14.3 Å². The van der Waals surface area contributed by atoms with Crippen LogP contribution in [0, 0.1) is 17.3 Å². The van der Waals surface area contributed by atoms with Crippen molar-refractivity contribution in [3.63, 3.8) is 0 Å². The third-order valence-corrected chi connectivity index (χ3v) is 6.26. The minimum Gasteiger partial charge on any atom is -0.467 e. The summed E-state index contributed by atoms with van der Waals surface area (Å²) in [5, 5.41) is 0. The fourth-order valence-electron chi connectivity index (χ4n) is 4.46. The molecular formula is C29H36N2O3. The highest BCUT2D eigenvalue weighted by atomic mass is 16.5. The normalized spacial score (nSPS) is 18.4. The molecule has 0 N–H and O–H groups in total. The van der Waals surface area contributed by atoms with Gasteiger partial charge in [-0.1, -0.05) is 72.5 Å². The molecule has 1 amide bonds. The van der Waals surface area contributed by atoms with Crippen LogP contribution < -0.4 is 0 Å². The number of likely N-dealkylation sites (tertiary alicyclic amines) is 1. The fraction of sp³-hybridized carbons (Fsp3) is 0.448. The first-order valence-electron chi connectivity index (χ1n) is 11.9. The average Bonchev–Trinajstić information content (AvgIpc) is 2.83. The van der Waals surface area contributed by atoms with Gasteiger partial charge in [-0.2, -0.15) is 0 Å². The van der Waals surface area contributed by atoms with Crippen molar-refractivity contribution < 1.29 is 14.3 Å². The molecule has 5 heteroatoms. The van der Waals surface area contributed by atoms with E-state index in [-0.39, 0.29) is 23.3 Å². The molecule has 0 saturated carbocycles. The molecule has 1 heterocycles. The molecule has 1 aliphatic heterocycles. The lowest BCUT2D eigenvalue weighted by molar-refractivity contribution is -0.156. The Hall–Kier alpha value is -3.10. The van der Waals surface area contributed by atoms with Crippen LogP contribution in [0.2, 0.25) is 0 Å². The van der Waals surface area contributed by atoms with Crippen molar-refractivity contribution in [1.29, 1.82) is 0 Å². The number of carbonyl (C=O) groups excluding carboxylic acids is 2. The van der Waals surface area contributed by atoms with Crippen molar-refractivity contribution >= 4 is 11.9 Å². The number of hydrogen-bond donors (Lipinski definition) is 0. The molecule has 3 rings (SSSR count). The first kappa shape index (κ1) is 25.5. The van der Waals surface area contributed by atoms with Gasteiger partial charge < -0.3 is 9.64 Å². The summed E-state index contributed by atoms with van der Waals surface area (Å²) in [6.07, 6.45) is 1.31. The van der Waals surface area contributed by atoms with Gasteiger partial charge in [0.25, 0.3) is 0 Å². The molecular weight excluding hydrogens is 424 g/mol. The first-order chi connectivity index (χ1) is 16.2. The number of esters is 1. The quantitative estimate of drug-likeness (QED) is 0.476. The van der Waals surface area contributed by atoms with E-state index in [0.717, 1.165) is 17.5 Å². The number of carbonyl (C=O) groups is 2. The zero-order valence-corrected chi connectivity index (χ0v) is 21.0. The van der Waals surface area contributed by atoms with Crippen molar-refractivity contribution in [2.24, 2.45) is 5.41 Å². The smallest absolute Gasteiger partial charge is 0.328 e. The van der Waals surface area contributed by atoms with E-state index in [9.17, 15) is 9.59 Å². The van der Waals surface area contributed by atoms with Crippen molar-refractivity contribution in [1.82, 2.24) is 9.80 Å². The third-order valence-electron chi connectivity index (χ3n) is 6.26. The summed E-state index contributed by atoms with van der Waals surface area (Å²) in [6.45, 7) is 7.39. The lowest BCUT2D eigenvalue weighted by atomic mass is 9.87. The van der Waals surface area contributed by atoms with Gasteiger partial charge in [0.2, 0.25) is 5.91 Å². The largest absolute Gasteiger partial charge is 0.467 e. The Morgan fingerprint density at radius 2 is 1.62 bits per heavy atom. The highest BCUT2D eigenvalue weighted by Gasteiger charge is 2.40. The summed E-state index contributed by atoms with van der Waals surface area (Å²) < 4.78 is 5.14. The molecule has 180 valence electrons. The number of hydrogen-bond acceptors (Lipinski definition) is 4. The molecule has 2 aromatic rings. The predicted molar refractivity (Wildman–Crippen MR) is 135 cm³/mol. The molecule has 34 heavy (non-hydrogen) atoms. The zero-order chi connectivity index (χ0) is 24.7. The maximum Gasteiger partial charge on any atom is 0.328 e. The SMILES string of the molecule is COC(=O)[C@@H]1C[C@H](N(C)CC#CC(C)(C)C)CCN1C(=O)C(c1ccccc1)c1ccccc1. The number of rotatable bonds is 6. The van der Waals surface area contributed by atoms with Crippen LogP contribution in [0.1, 0.15) is 50.7 Å². The minimum absolute atomic E-state index is 0.0466. The van der Waals surface area contributed by atoms with Crippen LogP contribution in [0.25, 0.3) is 0 Å². The number of piperidine rings is 1. The molecule has 0 bridgehead atoms. The van der Waals surface area contributed by atoms with Gasteiger partial charge in [-0.3, -0.25) is 9.69 Å². The van der Waals surface area contributed by atoms with Gasteiger partial charge in [-0.15, -0.1) is 0 Å². The molecule has 0 unspecified atom stereocenters. The summed E-state index contributed by atoms with van der Waals surface area (Å²) >= 11 is 0. The highest BCUT2D eigenvalue weighted by molar-refractivity contribution is 5.91. The number of ether oxygens (including phenoxy) is 1. The summed E-state index contributed by atoms with van der Waals surface area (Å²) in [5.41, 5.74) is 1.78. The molecule has 0 aliphatic carbocycles. The maximum atomic E-state index is 14.0. The van der Waals surface area contributed by atoms with Crippen LogP contribution in [-0.4, -0.2) is 61.0 Å². The highest BCUT2D eigenvalue weighted by Crippen LogP contribution is 2.31. The lowest BCUT2D eigenvalue weighted by Crippen LogP contribution is -2.55. The number of benzene rings is 2. The minimum atomic E-state index is -0.621. The first-order valence-corrected chi connectivity index (χ1v) is 11.9. The Balaban J connectivity index is 1.85. The van der Waals surface area contributed by atoms with Crippen LogP contribution >= 0.6 is 0 Å². The van der Waals surface area contributed by atoms with Crippen molar-refractivity contribution in [3.05, 3.63) is 71.8 Å². The van der Waals surface area contributed by atoms with E-state index < -0.39 is 12.0 Å². The molecule has 5 nitrogen and oxygen atoms in total. The van der Waals surface area contributed by atoms with Crippen LogP contribution in [0.4, 0.5) is 0 Å². The molecule has 1 saturated heterocycles. The monoisotopic (exact) mass is 460 g/mol. The lowest BCUT2D eigenvalue weighted by Gasteiger charge is -2.42. The summed E-state index contributed by atoms with van der Waals surface area (Å²) in [7, 11) is 3.42. The van der Waals surface area contributed by atoms with Gasteiger partial charge in [-0.25, -0.2) is 4.79 Å². The fourth-order valence-corrected chi connectivity index (χ4v) is 4.46. The summed E-state index contributed by atoms with van der Waals surface area (Å²) in [6, 6.07) is 19.0. The Bertz CT molecular complexity index is 979. The Kier molecular flexibility index (Phi) is 8.52. The van der Waals surface area contributed by atoms with E-state index in [0.29, 0.717) is 19.5 Å². The second-order valence-corrected chi connectivity index (χ2v) is 9.97. The number of methoxy groups -OCH3 is 1. The average molecular weight is 461 g/mol. The van der Waals surface area contributed by atoms with Gasteiger partial charge in [0.15, 0.2) is 0 Å². The molecule has 1 fully saturated rings. The van der Waals surface area contributed by atoms with Gasteiger partial charge in [0.1, 0.15) is 6.04 Å². The zero-order valence-electron chi connectivity index (χ0n) is 21.0. The number of nitrogens with zero attached hydrogens (tertiary/aromatic N) is 2. The summed E-state index contributed by atoms with van der Waals surface area (Å²) in [4.78, 5) is 30.7. The van der Waals surface area contributed by atoms with Gasteiger partial charge in [0, 0.05) is 18.0 Å². The molecule has 1 aliphatic rings. The topological polar surface area (TPSA) is 49.9 Å². The molecule has 2 atom stereocenters. The Labute approximate surface area is 204 Å². The van der Waals surface area contributed by atoms with E-state index >= 15 is 0 Å². The van der Waals surface area contributed by atoms with Crippen molar-refractivity contribution in [2.45, 2.75) is 51.6 Å². The molecule has 0 spiro atoms. The van der Waals surface area contributed by atoms with Crippen molar-refractivity contribution in [2.75, 3.05) is 27.2 Å². The third kappa shape index (κ3) is 6.48. The van der Waals surface area contributed by atoms with Crippen LogP contribution in [0.3, 0.4) is 0 Å². The predicted octanol–water partition coefficient (Wildman–Crippen LogP) is 4.33. The maximum absolute atomic E-state index is 14.0. The molecule has 2 aromatic carbocycles. The van der Waals surface area contributed by atoms with Crippen LogP contribution in [0.5, 0.6) is 0 Å². The molecule has 0 aromatic heterocycles. The van der Waals surface area contributed by atoms with Crippen molar-refractivity contribution in [3.8, 4) is 11.8 Å². The van der Waals surface area contributed by atoms with E-state index in [1.807, 2.05) is 67.7 Å². The van der Waals surface area contributed by atoms with E-state index in [1.54, 1.807) is 4.90 Å². The Morgan fingerprint density at radius 1 is 1.06 bits per heavy atom. The van der Waals surface area contributed by atoms with Gasteiger partial charge in [-0.05, 0) is 51.8 Å². The van der Waals surface area contributed by atoms with Crippen LogP contribution in [0.15, 0.2) is 60.7 Å². The second-order valence-electron chi connectivity index (χ2n) is 9.97. The standard InChI is InChI=1S/C29H36N2O3/c1-29(2,3)18-12-19-30(4)24-17-20-31(25(21-24)28(33)34-5)27(32)26(22-13-8-6-9-14-22)23-15-10-7-11-16-23/h6-11,13-16,24-26H,17,19-21H2,1-5H3/t24-,25+/m1/s1. The molecule has 0 radical (unpaired) electrons. The van der Waals surface area contributed by atoms with E-state index in [2.05, 4.69) is 37.5 Å². The Morgan fingerprint density at radius 3 is 2.12 bits per heavy atom. The van der Waals surface area contributed by atoms with Gasteiger partial charge >= 0.3 is 5.97 Å². The second kappa shape index (κ2) is 11.4. The summed E-state index contributed by atoms with van der Waals surface area (Å²) in [5.74, 6) is 5.61. The van der Waals surface area contributed by atoms with Gasteiger partial charge in [0.05, 0.1) is 19.6 Å². The van der Waals surface area contributed by atoms with E-state index in [4.69, 9.17) is 4.74 Å². The van der Waals surface area contributed by atoms with E-state index in [1.165, 1.54) is 7.11 Å². The number of amides is 1.